The number of nitrogens with zero attached hydrogens (tertiary/aromatic N) is 2. The second-order valence-electron chi connectivity index (χ2n) is 6.21. The number of aryl methyl sites for hydroxylation is 1. The van der Waals surface area contributed by atoms with Crippen molar-refractivity contribution in [1.29, 1.82) is 0 Å². The van der Waals surface area contributed by atoms with E-state index in [1.54, 1.807) is 24.1 Å². The topological polar surface area (TPSA) is 59.1 Å². The fraction of sp³-hybridized carbons (Fsp3) is 0.300. The monoisotopic (exact) mass is 354 g/mol. The summed E-state index contributed by atoms with van der Waals surface area (Å²) in [6.45, 7) is 2.78. The van der Waals surface area contributed by atoms with Crippen molar-refractivity contribution in [2.24, 2.45) is 0 Å². The van der Waals surface area contributed by atoms with Gasteiger partial charge in [0.1, 0.15) is 24.7 Å². The van der Waals surface area contributed by atoms with Crippen LogP contribution >= 0.6 is 0 Å². The number of para-hydroxylation sites is 2. The third-order valence-corrected chi connectivity index (χ3v) is 4.24. The van der Waals surface area contributed by atoms with E-state index in [1.807, 2.05) is 43.3 Å². The molecule has 0 radical (unpaired) electrons. The molecule has 0 fully saturated rings. The molecule has 2 aromatic carbocycles. The van der Waals surface area contributed by atoms with Gasteiger partial charge in [0.05, 0.1) is 12.2 Å². The van der Waals surface area contributed by atoms with Gasteiger partial charge < -0.3 is 14.4 Å². The van der Waals surface area contributed by atoms with Crippen LogP contribution in [0.25, 0.3) is 0 Å². The number of likely N-dealkylation sites (N-methyl/N-ethyl adjacent to an activating group) is 1. The summed E-state index contributed by atoms with van der Waals surface area (Å²) in [5.41, 5.74) is 1.79. The zero-order chi connectivity index (χ0) is 18.5. The van der Waals surface area contributed by atoms with Crippen LogP contribution in [0.3, 0.4) is 0 Å². The number of carbonyl (C=O) groups excluding carboxylic acids is 2. The molecule has 0 saturated heterocycles. The van der Waals surface area contributed by atoms with Crippen LogP contribution in [0.2, 0.25) is 0 Å². The van der Waals surface area contributed by atoms with E-state index in [0.29, 0.717) is 24.6 Å². The van der Waals surface area contributed by atoms with Crippen molar-refractivity contribution in [3.63, 3.8) is 0 Å². The molecule has 1 aliphatic rings. The van der Waals surface area contributed by atoms with Crippen molar-refractivity contribution in [2.45, 2.75) is 6.92 Å². The van der Waals surface area contributed by atoms with Crippen LogP contribution < -0.4 is 14.4 Å². The summed E-state index contributed by atoms with van der Waals surface area (Å²) in [5, 5.41) is 0. The minimum Gasteiger partial charge on any atom is -0.492 e. The minimum absolute atomic E-state index is 0.0137. The molecule has 2 amide bonds. The lowest BCUT2D eigenvalue weighted by atomic mass is 10.2. The number of hydrogen-bond donors (Lipinski definition) is 0. The number of carbonyl (C=O) groups is 2. The summed E-state index contributed by atoms with van der Waals surface area (Å²) in [6.07, 6.45) is 0. The van der Waals surface area contributed by atoms with Crippen LogP contribution in [0.1, 0.15) is 5.56 Å². The molecule has 0 saturated carbocycles. The molecule has 3 rings (SSSR count). The van der Waals surface area contributed by atoms with E-state index in [1.165, 1.54) is 10.5 Å². The predicted octanol–water partition coefficient (Wildman–Crippen LogP) is 2.26. The zero-order valence-corrected chi connectivity index (χ0v) is 15.0. The van der Waals surface area contributed by atoms with Gasteiger partial charge in [-0.15, -0.1) is 0 Å². The molecule has 0 aliphatic carbocycles. The van der Waals surface area contributed by atoms with Gasteiger partial charge in [0.25, 0.3) is 5.91 Å². The van der Waals surface area contributed by atoms with Gasteiger partial charge in [-0.3, -0.25) is 14.5 Å². The quantitative estimate of drug-likeness (QED) is 0.798. The molecule has 0 spiro atoms. The SMILES string of the molecule is Cc1ccc(OCCN(C)C(=O)CN2C(=O)COc3ccccc32)cc1. The summed E-state index contributed by atoms with van der Waals surface area (Å²) < 4.78 is 11.0. The van der Waals surface area contributed by atoms with Gasteiger partial charge in [0, 0.05) is 7.05 Å². The Bertz CT molecular complexity index is 789. The second kappa shape index (κ2) is 7.91. The molecule has 0 atom stereocenters. The van der Waals surface area contributed by atoms with E-state index in [4.69, 9.17) is 9.47 Å². The van der Waals surface area contributed by atoms with Crippen LogP contribution in [0.15, 0.2) is 48.5 Å². The van der Waals surface area contributed by atoms with Gasteiger partial charge >= 0.3 is 0 Å². The molecule has 136 valence electrons. The number of benzene rings is 2. The maximum Gasteiger partial charge on any atom is 0.265 e. The Balaban J connectivity index is 1.54. The molecule has 1 heterocycles. The number of amides is 2. The van der Waals surface area contributed by atoms with E-state index in [-0.39, 0.29) is 25.0 Å². The fourth-order valence-corrected chi connectivity index (χ4v) is 2.64. The lowest BCUT2D eigenvalue weighted by molar-refractivity contribution is -0.131. The van der Waals surface area contributed by atoms with Crippen LogP contribution in [0.5, 0.6) is 11.5 Å². The number of fused-ring (bicyclic) bond motifs is 1. The van der Waals surface area contributed by atoms with Gasteiger partial charge in [-0.1, -0.05) is 29.8 Å². The summed E-state index contributed by atoms with van der Waals surface area (Å²) in [7, 11) is 1.71. The highest BCUT2D eigenvalue weighted by molar-refractivity contribution is 6.02. The summed E-state index contributed by atoms with van der Waals surface area (Å²) in [5.74, 6) is 1.02. The van der Waals surface area contributed by atoms with Crippen molar-refractivity contribution in [3.8, 4) is 11.5 Å². The van der Waals surface area contributed by atoms with E-state index < -0.39 is 0 Å². The Morgan fingerprint density at radius 1 is 1.19 bits per heavy atom. The first kappa shape index (κ1) is 17.8. The number of anilines is 1. The molecule has 0 aromatic heterocycles. The largest absolute Gasteiger partial charge is 0.492 e. The molecular weight excluding hydrogens is 332 g/mol. The smallest absolute Gasteiger partial charge is 0.265 e. The molecule has 1 aliphatic heterocycles. The number of rotatable bonds is 6. The van der Waals surface area contributed by atoms with Gasteiger partial charge in [0.15, 0.2) is 6.61 Å². The fourth-order valence-electron chi connectivity index (χ4n) is 2.64. The van der Waals surface area contributed by atoms with Crippen LogP contribution in [0.4, 0.5) is 5.69 Å². The van der Waals surface area contributed by atoms with E-state index >= 15 is 0 Å². The third-order valence-electron chi connectivity index (χ3n) is 4.24. The summed E-state index contributed by atoms with van der Waals surface area (Å²) in [4.78, 5) is 27.7. The van der Waals surface area contributed by atoms with Crippen molar-refractivity contribution in [3.05, 3.63) is 54.1 Å². The van der Waals surface area contributed by atoms with Crippen molar-refractivity contribution in [2.75, 3.05) is 38.3 Å². The molecule has 26 heavy (non-hydrogen) atoms. The number of ether oxygens (including phenoxy) is 2. The number of hydrogen-bond acceptors (Lipinski definition) is 4. The minimum atomic E-state index is -0.221. The van der Waals surface area contributed by atoms with Gasteiger partial charge in [0.2, 0.25) is 5.91 Å². The van der Waals surface area contributed by atoms with Gasteiger partial charge in [-0.05, 0) is 31.2 Å². The molecule has 6 nitrogen and oxygen atoms in total. The first-order chi connectivity index (χ1) is 12.5. The summed E-state index contributed by atoms with van der Waals surface area (Å²) >= 11 is 0. The Morgan fingerprint density at radius 3 is 2.69 bits per heavy atom. The molecule has 6 heteroatoms. The lowest BCUT2D eigenvalue weighted by Crippen LogP contribution is -2.46. The van der Waals surface area contributed by atoms with E-state index in [0.717, 1.165) is 5.75 Å². The third kappa shape index (κ3) is 4.14. The predicted molar refractivity (Wildman–Crippen MR) is 98.6 cm³/mol. The normalized spacial score (nSPS) is 13.0. The van der Waals surface area contributed by atoms with E-state index in [2.05, 4.69) is 0 Å². The molecule has 0 bridgehead atoms. The second-order valence-corrected chi connectivity index (χ2v) is 6.21. The Hall–Kier alpha value is -3.02. The van der Waals surface area contributed by atoms with Gasteiger partial charge in [-0.25, -0.2) is 0 Å². The maximum atomic E-state index is 12.5. The summed E-state index contributed by atoms with van der Waals surface area (Å²) in [6, 6.07) is 15.0. The Kier molecular flexibility index (Phi) is 5.41. The highest BCUT2D eigenvalue weighted by Gasteiger charge is 2.27. The standard InChI is InChI=1S/C20H22N2O4/c1-15-7-9-16(10-8-15)25-12-11-21(2)19(23)13-22-17-5-3-4-6-18(17)26-14-20(22)24/h3-10H,11-14H2,1-2H3. The Morgan fingerprint density at radius 2 is 1.92 bits per heavy atom. The first-order valence-corrected chi connectivity index (χ1v) is 8.50. The maximum absolute atomic E-state index is 12.5. The van der Waals surface area contributed by atoms with Gasteiger partial charge in [-0.2, -0.15) is 0 Å². The first-order valence-electron chi connectivity index (χ1n) is 8.50. The van der Waals surface area contributed by atoms with E-state index in [9.17, 15) is 9.59 Å². The zero-order valence-electron chi connectivity index (χ0n) is 15.0. The average Bonchev–Trinajstić information content (AvgIpc) is 2.65. The molecular formula is C20H22N2O4. The van der Waals surface area contributed by atoms with Crippen molar-refractivity contribution < 1.29 is 19.1 Å². The van der Waals surface area contributed by atoms with Crippen LogP contribution in [-0.4, -0.2) is 50.1 Å². The van der Waals surface area contributed by atoms with Crippen LogP contribution in [-0.2, 0) is 9.59 Å². The Labute approximate surface area is 152 Å². The highest BCUT2D eigenvalue weighted by atomic mass is 16.5. The average molecular weight is 354 g/mol. The molecule has 0 N–H and O–H groups in total. The highest BCUT2D eigenvalue weighted by Crippen LogP contribution is 2.31. The van der Waals surface area contributed by atoms with Crippen LogP contribution in [0, 0.1) is 6.92 Å². The van der Waals surface area contributed by atoms with Crippen molar-refractivity contribution in [1.82, 2.24) is 4.90 Å². The lowest BCUT2D eigenvalue weighted by Gasteiger charge is -2.30. The van der Waals surface area contributed by atoms with Crippen molar-refractivity contribution >= 4 is 17.5 Å². The molecule has 2 aromatic rings. The molecule has 0 unspecified atom stereocenters.